The van der Waals surface area contributed by atoms with E-state index in [4.69, 9.17) is 4.43 Å². The van der Waals surface area contributed by atoms with Crippen LogP contribution in [0.1, 0.15) is 111 Å². The first-order valence-corrected chi connectivity index (χ1v) is 16.7. The van der Waals surface area contributed by atoms with Crippen LogP contribution in [0, 0.1) is 5.92 Å². The van der Waals surface area contributed by atoms with E-state index in [9.17, 15) is 5.11 Å². The highest BCUT2D eigenvalue weighted by Crippen LogP contribution is 2.37. The van der Waals surface area contributed by atoms with Gasteiger partial charge in [0.1, 0.15) is 0 Å². The van der Waals surface area contributed by atoms with Crippen molar-refractivity contribution in [2.75, 3.05) is 13.2 Å². The van der Waals surface area contributed by atoms with Crippen molar-refractivity contribution >= 4 is 18.7 Å². The van der Waals surface area contributed by atoms with Crippen molar-refractivity contribution in [1.82, 2.24) is 0 Å². The van der Waals surface area contributed by atoms with Crippen molar-refractivity contribution in [3.8, 4) is 0 Å². The van der Waals surface area contributed by atoms with Gasteiger partial charge in [0.2, 0.25) is 0 Å². The molecule has 3 heteroatoms. The molecule has 202 valence electrons. The first-order valence-electron chi connectivity index (χ1n) is 14.8. The van der Waals surface area contributed by atoms with Gasteiger partial charge >= 0.3 is 0 Å². The summed E-state index contributed by atoms with van der Waals surface area (Å²) in [6, 6.07) is 21.9. The molecule has 0 aliphatic rings. The number of hydrogen-bond donors (Lipinski definition) is 1. The Balaban J connectivity index is 1.86. The number of aliphatic hydroxyl groups is 1. The Labute approximate surface area is 224 Å². The molecule has 2 nitrogen and oxygen atoms in total. The standard InChI is InChI=1S/C33H54O2Si/c1-5-6-7-8-9-10-14-21-30(27-28-34)22-15-13-20-29-35-36(33(2,3)4,31-23-16-11-17-24-31)32-25-18-12-19-26-32/h11-12,16-19,23-26,30,34H,5-10,13-15,20-22,27-29H2,1-4H3. The molecule has 0 saturated heterocycles. The van der Waals surface area contributed by atoms with E-state index in [0.717, 1.165) is 19.4 Å². The van der Waals surface area contributed by atoms with E-state index in [1.165, 1.54) is 81.0 Å². The fourth-order valence-electron chi connectivity index (χ4n) is 5.70. The van der Waals surface area contributed by atoms with Crippen LogP contribution in [0.25, 0.3) is 0 Å². The number of benzene rings is 2. The molecule has 0 aromatic heterocycles. The Morgan fingerprint density at radius 2 is 1.14 bits per heavy atom. The van der Waals surface area contributed by atoms with Crippen molar-refractivity contribution in [2.45, 2.75) is 116 Å². The third-order valence-electron chi connectivity index (χ3n) is 7.75. The average molecular weight is 511 g/mol. The van der Waals surface area contributed by atoms with Crippen LogP contribution in [-0.2, 0) is 4.43 Å². The summed E-state index contributed by atoms with van der Waals surface area (Å²) in [4.78, 5) is 0. The minimum absolute atomic E-state index is 0.0401. The molecule has 1 atom stereocenters. The molecule has 2 aromatic rings. The van der Waals surface area contributed by atoms with Gasteiger partial charge in [-0.25, -0.2) is 0 Å². The molecule has 2 aromatic carbocycles. The lowest BCUT2D eigenvalue weighted by molar-refractivity contribution is 0.239. The predicted molar refractivity (Wildman–Crippen MR) is 160 cm³/mol. The van der Waals surface area contributed by atoms with E-state index >= 15 is 0 Å². The summed E-state index contributed by atoms with van der Waals surface area (Å²) in [5.41, 5.74) is 0. The Morgan fingerprint density at radius 1 is 0.667 bits per heavy atom. The quantitative estimate of drug-likeness (QED) is 0.152. The molecule has 0 saturated carbocycles. The van der Waals surface area contributed by atoms with Crippen LogP contribution in [0.4, 0.5) is 0 Å². The Hall–Kier alpha value is -1.42. The second-order valence-corrected chi connectivity index (χ2v) is 16.0. The number of aliphatic hydroxyl groups excluding tert-OH is 1. The molecule has 36 heavy (non-hydrogen) atoms. The van der Waals surface area contributed by atoms with Gasteiger partial charge in [-0.2, -0.15) is 0 Å². The smallest absolute Gasteiger partial charge is 0.261 e. The van der Waals surface area contributed by atoms with Crippen LogP contribution in [-0.4, -0.2) is 26.6 Å². The van der Waals surface area contributed by atoms with Crippen molar-refractivity contribution in [3.05, 3.63) is 60.7 Å². The minimum atomic E-state index is -2.41. The molecule has 0 fully saturated rings. The molecule has 0 bridgehead atoms. The molecule has 1 unspecified atom stereocenters. The SMILES string of the molecule is CCCCCCCCCC(CCO)CCCCCO[Si](c1ccccc1)(c1ccccc1)C(C)(C)C. The van der Waals surface area contributed by atoms with Crippen LogP contribution in [0.2, 0.25) is 5.04 Å². The van der Waals surface area contributed by atoms with Crippen molar-refractivity contribution in [1.29, 1.82) is 0 Å². The zero-order chi connectivity index (χ0) is 26.1. The van der Waals surface area contributed by atoms with Gasteiger partial charge in [-0.3, -0.25) is 0 Å². The topological polar surface area (TPSA) is 29.5 Å². The molecular formula is C33H54O2Si. The fourth-order valence-corrected chi connectivity index (χ4v) is 10.3. The molecule has 1 N–H and O–H groups in total. The van der Waals surface area contributed by atoms with E-state index in [2.05, 4.69) is 88.4 Å². The van der Waals surface area contributed by atoms with Gasteiger partial charge in [-0.15, -0.1) is 0 Å². The number of rotatable bonds is 19. The molecule has 0 aliphatic heterocycles. The zero-order valence-corrected chi connectivity index (χ0v) is 24.8. The molecule has 2 rings (SSSR count). The van der Waals surface area contributed by atoms with Crippen molar-refractivity contribution in [3.63, 3.8) is 0 Å². The maximum Gasteiger partial charge on any atom is 0.261 e. The van der Waals surface area contributed by atoms with Gasteiger partial charge in [-0.1, -0.05) is 159 Å². The van der Waals surface area contributed by atoms with Crippen LogP contribution >= 0.6 is 0 Å². The molecule has 0 radical (unpaired) electrons. The summed E-state index contributed by atoms with van der Waals surface area (Å²) in [6.45, 7) is 10.5. The second-order valence-electron chi connectivity index (χ2n) is 11.6. The monoisotopic (exact) mass is 510 g/mol. The summed E-state index contributed by atoms with van der Waals surface area (Å²) in [7, 11) is -2.41. The predicted octanol–water partition coefficient (Wildman–Crippen LogP) is 8.26. The van der Waals surface area contributed by atoms with Gasteiger partial charge < -0.3 is 9.53 Å². The van der Waals surface area contributed by atoms with Gasteiger partial charge in [0, 0.05) is 13.2 Å². The lowest BCUT2D eigenvalue weighted by Gasteiger charge is -2.43. The molecule has 0 amide bonds. The van der Waals surface area contributed by atoms with Gasteiger partial charge in [0.05, 0.1) is 0 Å². The van der Waals surface area contributed by atoms with E-state index in [0.29, 0.717) is 12.5 Å². The van der Waals surface area contributed by atoms with Crippen molar-refractivity contribution < 1.29 is 9.53 Å². The van der Waals surface area contributed by atoms with E-state index < -0.39 is 8.32 Å². The summed E-state index contributed by atoms with van der Waals surface area (Å²) in [5.74, 6) is 0.684. The first kappa shape index (κ1) is 30.8. The third kappa shape index (κ3) is 9.80. The second kappa shape index (κ2) is 17.2. The number of unbranched alkanes of at least 4 members (excludes halogenated alkanes) is 8. The van der Waals surface area contributed by atoms with E-state index in [1.54, 1.807) is 0 Å². The summed E-state index contributed by atoms with van der Waals surface area (Å²) in [5, 5.41) is 12.3. The average Bonchev–Trinajstić information content (AvgIpc) is 2.88. The largest absolute Gasteiger partial charge is 0.407 e. The fraction of sp³-hybridized carbons (Fsp3) is 0.636. The van der Waals surface area contributed by atoms with Crippen LogP contribution in [0.3, 0.4) is 0 Å². The summed E-state index contributed by atoms with van der Waals surface area (Å²) >= 11 is 0. The molecule has 0 heterocycles. The first-order chi connectivity index (χ1) is 17.5. The highest BCUT2D eigenvalue weighted by molar-refractivity contribution is 6.99. The minimum Gasteiger partial charge on any atom is -0.407 e. The Kier molecular flexibility index (Phi) is 14.7. The van der Waals surface area contributed by atoms with Crippen LogP contribution in [0.5, 0.6) is 0 Å². The molecule has 0 aliphatic carbocycles. The number of hydrogen-bond acceptors (Lipinski definition) is 2. The third-order valence-corrected chi connectivity index (χ3v) is 12.8. The maximum absolute atomic E-state index is 9.54. The van der Waals surface area contributed by atoms with Crippen LogP contribution < -0.4 is 10.4 Å². The maximum atomic E-state index is 9.54. The highest BCUT2D eigenvalue weighted by Gasteiger charge is 2.49. The Morgan fingerprint density at radius 3 is 1.61 bits per heavy atom. The summed E-state index contributed by atoms with van der Waals surface area (Å²) < 4.78 is 7.04. The normalized spacial score (nSPS) is 13.1. The van der Waals surface area contributed by atoms with Gasteiger partial charge in [-0.05, 0) is 34.2 Å². The van der Waals surface area contributed by atoms with E-state index in [1.807, 2.05) is 0 Å². The Bertz CT molecular complexity index is 745. The lowest BCUT2D eigenvalue weighted by Crippen LogP contribution is -2.66. The molecular weight excluding hydrogens is 456 g/mol. The van der Waals surface area contributed by atoms with Gasteiger partial charge in [0.15, 0.2) is 0 Å². The molecule has 0 spiro atoms. The van der Waals surface area contributed by atoms with Gasteiger partial charge in [0.25, 0.3) is 8.32 Å². The highest BCUT2D eigenvalue weighted by atomic mass is 28.4. The van der Waals surface area contributed by atoms with Crippen molar-refractivity contribution in [2.24, 2.45) is 5.92 Å². The van der Waals surface area contributed by atoms with E-state index in [-0.39, 0.29) is 5.04 Å². The lowest BCUT2D eigenvalue weighted by atomic mass is 9.92. The summed E-state index contributed by atoms with van der Waals surface area (Å²) in [6.07, 6.45) is 16.6. The van der Waals surface area contributed by atoms with Crippen LogP contribution in [0.15, 0.2) is 60.7 Å². The zero-order valence-electron chi connectivity index (χ0n) is 23.8.